The molecule has 5 heteroatoms. The Bertz CT molecular complexity index is 380. The highest BCUT2D eigenvalue weighted by molar-refractivity contribution is 7.48. The predicted molar refractivity (Wildman–Crippen MR) is 80.6 cm³/mol. The van der Waals surface area contributed by atoms with E-state index in [-0.39, 0.29) is 6.61 Å². The van der Waals surface area contributed by atoms with Crippen LogP contribution in [0.15, 0.2) is 30.3 Å². The van der Waals surface area contributed by atoms with E-state index >= 15 is 0 Å². The van der Waals surface area contributed by atoms with Crippen molar-refractivity contribution < 1.29 is 18.1 Å². The van der Waals surface area contributed by atoms with Crippen LogP contribution in [0, 0.1) is 0 Å². The number of rotatable bonds is 11. The summed E-state index contributed by atoms with van der Waals surface area (Å²) in [5.41, 5.74) is 0.950. The van der Waals surface area contributed by atoms with Crippen LogP contribution in [0.5, 0.6) is 0 Å². The third-order valence-corrected chi connectivity index (χ3v) is 4.17. The van der Waals surface area contributed by atoms with E-state index in [0.717, 1.165) is 31.2 Å². The molecular weight excluding hydrogens is 275 g/mol. The Morgan fingerprint density at radius 1 is 0.900 bits per heavy atom. The van der Waals surface area contributed by atoms with Gasteiger partial charge in [0.05, 0.1) is 19.8 Å². The average Bonchev–Trinajstić information content (AvgIpc) is 2.47. The van der Waals surface area contributed by atoms with Gasteiger partial charge in [-0.3, -0.25) is 13.6 Å². The first-order valence-corrected chi connectivity index (χ1v) is 8.74. The van der Waals surface area contributed by atoms with E-state index in [0.29, 0.717) is 13.2 Å². The van der Waals surface area contributed by atoms with Gasteiger partial charge in [0.2, 0.25) is 0 Å². The van der Waals surface area contributed by atoms with E-state index in [1.54, 1.807) is 0 Å². The molecule has 0 saturated heterocycles. The molecule has 0 spiro atoms. The summed E-state index contributed by atoms with van der Waals surface area (Å²) in [6.45, 7) is 5.13. The molecule has 114 valence electrons. The Kier molecular flexibility index (Phi) is 8.79. The number of hydrogen-bond acceptors (Lipinski definition) is 4. The van der Waals surface area contributed by atoms with Gasteiger partial charge in [0, 0.05) is 0 Å². The Balaban J connectivity index is 2.49. The summed E-state index contributed by atoms with van der Waals surface area (Å²) in [5.74, 6) is 0. The normalized spacial score (nSPS) is 11.7. The second-order valence-electron chi connectivity index (χ2n) is 4.58. The fraction of sp³-hybridized carbons (Fsp3) is 0.600. The van der Waals surface area contributed by atoms with Gasteiger partial charge in [-0.15, -0.1) is 0 Å². The van der Waals surface area contributed by atoms with E-state index in [1.165, 1.54) is 0 Å². The predicted octanol–water partition coefficient (Wildman–Crippen LogP) is 4.94. The molecular formula is C15H25O4P. The highest BCUT2D eigenvalue weighted by Gasteiger charge is 2.26. The summed E-state index contributed by atoms with van der Waals surface area (Å²) >= 11 is 0. The highest BCUT2D eigenvalue weighted by atomic mass is 31.2. The molecule has 0 saturated carbocycles. The summed E-state index contributed by atoms with van der Waals surface area (Å²) in [5, 5.41) is 0. The van der Waals surface area contributed by atoms with Gasteiger partial charge in [0.25, 0.3) is 0 Å². The van der Waals surface area contributed by atoms with Crippen molar-refractivity contribution in [2.24, 2.45) is 0 Å². The zero-order chi connectivity index (χ0) is 14.7. The maximum atomic E-state index is 12.5. The third-order valence-electron chi connectivity index (χ3n) is 2.73. The minimum Gasteiger partial charge on any atom is -0.287 e. The Morgan fingerprint density at radius 2 is 1.45 bits per heavy atom. The van der Waals surface area contributed by atoms with Crippen LogP contribution in [0.25, 0.3) is 0 Å². The van der Waals surface area contributed by atoms with Crippen molar-refractivity contribution in [1.29, 1.82) is 0 Å². The summed E-state index contributed by atoms with van der Waals surface area (Å²) < 4.78 is 28.6. The maximum Gasteiger partial charge on any atom is 0.475 e. The molecule has 0 bridgehead atoms. The minimum absolute atomic E-state index is 0.233. The molecule has 1 aromatic rings. The van der Waals surface area contributed by atoms with Crippen LogP contribution in [-0.4, -0.2) is 13.2 Å². The van der Waals surface area contributed by atoms with Crippen LogP contribution in [0.2, 0.25) is 0 Å². The quantitative estimate of drug-likeness (QED) is 0.428. The van der Waals surface area contributed by atoms with Crippen molar-refractivity contribution in [3.63, 3.8) is 0 Å². The van der Waals surface area contributed by atoms with Crippen LogP contribution in [0.3, 0.4) is 0 Å². The molecule has 0 aromatic heterocycles. The molecule has 0 aliphatic heterocycles. The van der Waals surface area contributed by atoms with Gasteiger partial charge < -0.3 is 0 Å². The van der Waals surface area contributed by atoms with Crippen LogP contribution in [0.1, 0.15) is 45.1 Å². The molecule has 1 rings (SSSR count). The molecule has 0 atom stereocenters. The lowest BCUT2D eigenvalue weighted by Crippen LogP contribution is -2.03. The van der Waals surface area contributed by atoms with Gasteiger partial charge in [-0.05, 0) is 18.4 Å². The third kappa shape index (κ3) is 7.20. The second kappa shape index (κ2) is 10.1. The van der Waals surface area contributed by atoms with Crippen LogP contribution in [-0.2, 0) is 24.7 Å². The second-order valence-corrected chi connectivity index (χ2v) is 6.25. The number of phosphoric ester groups is 1. The van der Waals surface area contributed by atoms with E-state index in [9.17, 15) is 4.57 Å². The monoisotopic (exact) mass is 300 g/mol. The molecule has 0 N–H and O–H groups in total. The number of phosphoric acid groups is 1. The summed E-state index contributed by atoms with van der Waals surface area (Å²) in [6.07, 6.45) is 3.65. The number of unbranched alkanes of at least 4 members (excludes halogenated alkanes) is 2. The lowest BCUT2D eigenvalue weighted by molar-refractivity contribution is 0.106. The smallest absolute Gasteiger partial charge is 0.287 e. The first-order valence-electron chi connectivity index (χ1n) is 7.27. The van der Waals surface area contributed by atoms with Crippen molar-refractivity contribution in [1.82, 2.24) is 0 Å². The van der Waals surface area contributed by atoms with Gasteiger partial charge in [-0.2, -0.15) is 0 Å². The van der Waals surface area contributed by atoms with Gasteiger partial charge in [0.15, 0.2) is 0 Å². The zero-order valence-electron chi connectivity index (χ0n) is 12.4. The minimum atomic E-state index is -3.44. The molecule has 0 heterocycles. The van der Waals surface area contributed by atoms with Gasteiger partial charge in [-0.1, -0.05) is 57.0 Å². The molecule has 0 aliphatic carbocycles. The number of benzene rings is 1. The van der Waals surface area contributed by atoms with E-state index in [1.807, 2.05) is 30.3 Å². The molecule has 4 nitrogen and oxygen atoms in total. The van der Waals surface area contributed by atoms with Crippen LogP contribution < -0.4 is 0 Å². The Hall–Kier alpha value is -0.670. The SMILES string of the molecule is CCCCOP(=O)(OCCCC)OCc1ccccc1. The van der Waals surface area contributed by atoms with Crippen LogP contribution >= 0.6 is 7.82 Å². The van der Waals surface area contributed by atoms with E-state index in [2.05, 4.69) is 13.8 Å². The standard InChI is InChI=1S/C15H25O4P/c1-3-5-12-17-20(16,18-13-6-4-2)19-14-15-10-8-7-9-11-15/h7-11H,3-6,12-14H2,1-2H3. The van der Waals surface area contributed by atoms with Gasteiger partial charge >= 0.3 is 7.82 Å². The maximum absolute atomic E-state index is 12.5. The molecule has 0 amide bonds. The molecule has 20 heavy (non-hydrogen) atoms. The first kappa shape index (κ1) is 17.4. The van der Waals surface area contributed by atoms with Gasteiger partial charge in [0.1, 0.15) is 0 Å². The number of hydrogen-bond donors (Lipinski definition) is 0. The largest absolute Gasteiger partial charge is 0.475 e. The Labute approximate surface area is 122 Å². The van der Waals surface area contributed by atoms with Crippen molar-refractivity contribution in [2.75, 3.05) is 13.2 Å². The Morgan fingerprint density at radius 3 is 1.95 bits per heavy atom. The summed E-state index contributed by atoms with van der Waals surface area (Å²) in [4.78, 5) is 0. The zero-order valence-corrected chi connectivity index (χ0v) is 13.3. The molecule has 0 radical (unpaired) electrons. The van der Waals surface area contributed by atoms with Crippen molar-refractivity contribution in [2.45, 2.75) is 46.1 Å². The van der Waals surface area contributed by atoms with E-state index in [4.69, 9.17) is 13.6 Å². The fourth-order valence-electron chi connectivity index (χ4n) is 1.48. The lowest BCUT2D eigenvalue weighted by Gasteiger charge is -2.18. The van der Waals surface area contributed by atoms with E-state index < -0.39 is 7.82 Å². The van der Waals surface area contributed by atoms with Crippen LogP contribution in [0.4, 0.5) is 0 Å². The van der Waals surface area contributed by atoms with Crippen molar-refractivity contribution in [3.8, 4) is 0 Å². The lowest BCUT2D eigenvalue weighted by atomic mass is 10.2. The molecule has 1 aromatic carbocycles. The molecule has 0 fully saturated rings. The summed E-state index contributed by atoms with van der Waals surface area (Å²) in [6, 6.07) is 9.60. The van der Waals surface area contributed by atoms with Crippen molar-refractivity contribution >= 4 is 7.82 Å². The summed E-state index contributed by atoms with van der Waals surface area (Å²) in [7, 11) is -3.44. The topological polar surface area (TPSA) is 44.8 Å². The average molecular weight is 300 g/mol. The molecule has 0 aliphatic rings. The van der Waals surface area contributed by atoms with Gasteiger partial charge in [-0.25, -0.2) is 4.57 Å². The highest BCUT2D eigenvalue weighted by Crippen LogP contribution is 2.50. The fourth-order valence-corrected chi connectivity index (χ4v) is 2.72. The van der Waals surface area contributed by atoms with Crippen molar-refractivity contribution in [3.05, 3.63) is 35.9 Å². The first-order chi connectivity index (χ1) is 9.70. The molecule has 0 unspecified atom stereocenters.